The number of thiazole rings is 1. The van der Waals surface area contributed by atoms with E-state index in [1.807, 2.05) is 66.0 Å². The maximum Gasteiger partial charge on any atom is 0.258 e. The molecule has 5 rings (SSSR count). The van der Waals surface area contributed by atoms with Crippen LogP contribution in [-0.4, -0.2) is 15.9 Å². The third kappa shape index (κ3) is 4.75. The van der Waals surface area contributed by atoms with Crippen LogP contribution in [0.15, 0.2) is 90.3 Å². The number of hydrogen-bond acceptors (Lipinski definition) is 4. The molecule has 0 radical (unpaired) electrons. The highest BCUT2D eigenvalue weighted by molar-refractivity contribution is 7.14. The van der Waals surface area contributed by atoms with Gasteiger partial charge in [-0.25, -0.2) is 9.97 Å². The highest BCUT2D eigenvalue weighted by Crippen LogP contribution is 2.28. The first-order valence-corrected chi connectivity index (χ1v) is 12.3. The fourth-order valence-corrected chi connectivity index (χ4v) is 4.75. The van der Waals surface area contributed by atoms with E-state index >= 15 is 0 Å². The number of carbonyl (C=O) groups is 1. The van der Waals surface area contributed by atoms with E-state index in [9.17, 15) is 4.79 Å². The van der Waals surface area contributed by atoms with Gasteiger partial charge in [0.2, 0.25) is 0 Å². The minimum absolute atomic E-state index is 0.191. The van der Waals surface area contributed by atoms with E-state index < -0.39 is 0 Å². The molecule has 5 heteroatoms. The van der Waals surface area contributed by atoms with E-state index in [-0.39, 0.29) is 5.91 Å². The van der Waals surface area contributed by atoms with E-state index in [0.29, 0.717) is 16.6 Å². The smallest absolute Gasteiger partial charge is 0.258 e. The van der Waals surface area contributed by atoms with Crippen molar-refractivity contribution in [1.82, 2.24) is 9.97 Å². The summed E-state index contributed by atoms with van der Waals surface area (Å²) in [4.78, 5) is 22.8. The van der Waals surface area contributed by atoms with Crippen molar-refractivity contribution in [2.75, 3.05) is 5.32 Å². The van der Waals surface area contributed by atoms with Crippen molar-refractivity contribution < 1.29 is 4.79 Å². The summed E-state index contributed by atoms with van der Waals surface area (Å²) in [7, 11) is 0. The quantitative estimate of drug-likeness (QED) is 0.284. The van der Waals surface area contributed by atoms with E-state index in [1.54, 1.807) is 0 Å². The Hall–Kier alpha value is -3.83. The average molecular weight is 464 g/mol. The predicted molar refractivity (Wildman–Crippen MR) is 141 cm³/mol. The second kappa shape index (κ2) is 9.57. The summed E-state index contributed by atoms with van der Waals surface area (Å²) in [5.41, 5.74) is 6.34. The van der Waals surface area contributed by atoms with Gasteiger partial charge < -0.3 is 0 Å². The van der Waals surface area contributed by atoms with Gasteiger partial charge in [0.25, 0.3) is 5.91 Å². The van der Waals surface area contributed by atoms with Crippen LogP contribution < -0.4 is 5.32 Å². The van der Waals surface area contributed by atoms with E-state index in [2.05, 4.69) is 48.4 Å². The molecule has 0 aliphatic rings. The summed E-state index contributed by atoms with van der Waals surface area (Å²) in [6.07, 6.45) is 1.06. The molecule has 5 aromatic rings. The third-order valence-electron chi connectivity index (χ3n) is 5.65. The minimum Gasteiger partial charge on any atom is -0.298 e. The van der Waals surface area contributed by atoms with E-state index in [1.165, 1.54) is 16.9 Å². The Balaban J connectivity index is 1.42. The van der Waals surface area contributed by atoms with Crippen molar-refractivity contribution >= 4 is 33.3 Å². The second-order valence-corrected chi connectivity index (χ2v) is 9.58. The average Bonchev–Trinajstić information content (AvgIpc) is 3.32. The number of amides is 1. The van der Waals surface area contributed by atoms with Crippen molar-refractivity contribution in [3.05, 3.63) is 101 Å². The Bertz CT molecular complexity index is 1440. The molecule has 0 atom stereocenters. The normalized spacial score (nSPS) is 11.1. The molecule has 0 unspecified atom stereocenters. The van der Waals surface area contributed by atoms with Crippen LogP contribution in [0.5, 0.6) is 0 Å². The van der Waals surface area contributed by atoms with E-state index in [4.69, 9.17) is 4.98 Å². The zero-order valence-electron chi connectivity index (χ0n) is 19.2. The van der Waals surface area contributed by atoms with Gasteiger partial charge in [-0.1, -0.05) is 86.6 Å². The largest absolute Gasteiger partial charge is 0.298 e. The van der Waals surface area contributed by atoms with Crippen molar-refractivity contribution in [3.8, 4) is 22.5 Å². The molecule has 1 N–H and O–H groups in total. The number of anilines is 1. The molecule has 3 aromatic carbocycles. The molecule has 0 saturated heterocycles. The molecular formula is C29H25N3OS. The number of carbonyl (C=O) groups excluding carboxylic acids is 1. The lowest BCUT2D eigenvalue weighted by Gasteiger charge is -2.09. The number of pyridine rings is 1. The molecule has 2 aromatic heterocycles. The molecule has 0 fully saturated rings. The number of aromatic nitrogens is 2. The van der Waals surface area contributed by atoms with Crippen LogP contribution in [0, 0.1) is 5.92 Å². The van der Waals surface area contributed by atoms with Gasteiger partial charge in [-0.05, 0) is 30.0 Å². The Morgan fingerprint density at radius 1 is 0.853 bits per heavy atom. The van der Waals surface area contributed by atoms with Crippen molar-refractivity contribution in [2.45, 2.75) is 20.3 Å². The number of rotatable bonds is 6. The summed E-state index contributed by atoms with van der Waals surface area (Å²) in [6, 6.07) is 28.0. The van der Waals surface area contributed by atoms with Gasteiger partial charge in [-0.15, -0.1) is 11.3 Å². The first-order valence-electron chi connectivity index (χ1n) is 11.4. The van der Waals surface area contributed by atoms with Crippen molar-refractivity contribution in [3.63, 3.8) is 0 Å². The van der Waals surface area contributed by atoms with Gasteiger partial charge in [0.05, 0.1) is 22.5 Å². The molecule has 34 heavy (non-hydrogen) atoms. The molecule has 168 valence electrons. The fourth-order valence-electron chi connectivity index (χ4n) is 4.03. The Morgan fingerprint density at radius 2 is 1.56 bits per heavy atom. The molecule has 0 saturated carbocycles. The Morgan fingerprint density at radius 3 is 2.32 bits per heavy atom. The maximum absolute atomic E-state index is 13.3. The van der Waals surface area contributed by atoms with Gasteiger partial charge >= 0.3 is 0 Å². The minimum atomic E-state index is -0.191. The van der Waals surface area contributed by atoms with Crippen LogP contribution in [0.2, 0.25) is 0 Å². The van der Waals surface area contributed by atoms with Gasteiger partial charge in [0.15, 0.2) is 5.13 Å². The topological polar surface area (TPSA) is 54.9 Å². The predicted octanol–water partition coefficient (Wildman–Crippen LogP) is 7.48. The molecule has 0 spiro atoms. The molecular weight excluding hydrogens is 438 g/mol. The lowest BCUT2D eigenvalue weighted by atomic mass is 10.0. The Labute approximate surface area is 203 Å². The molecule has 1 amide bonds. The fraction of sp³-hybridized carbons (Fsp3) is 0.138. The first kappa shape index (κ1) is 22.0. The van der Waals surface area contributed by atoms with Crippen LogP contribution in [0.25, 0.3) is 33.4 Å². The summed E-state index contributed by atoms with van der Waals surface area (Å²) >= 11 is 1.43. The van der Waals surface area contributed by atoms with Crippen molar-refractivity contribution in [2.24, 2.45) is 5.92 Å². The standard InChI is InChI=1S/C29H25N3OS/c1-19(2)16-20-12-14-22(15-13-20)27-18-34-29(31-27)32-28(33)24-17-26(21-8-4-3-5-9-21)30-25-11-7-6-10-23(24)25/h3-15,17-19H,16H2,1-2H3,(H,31,32,33). The highest BCUT2D eigenvalue weighted by atomic mass is 32.1. The number of nitrogens with zero attached hydrogens (tertiary/aromatic N) is 2. The van der Waals surface area contributed by atoms with Crippen LogP contribution in [0.1, 0.15) is 29.8 Å². The molecule has 0 aliphatic carbocycles. The SMILES string of the molecule is CC(C)Cc1ccc(-c2csc(NC(=O)c3cc(-c4ccccc4)nc4ccccc34)n2)cc1. The zero-order chi connectivity index (χ0) is 23.5. The number of benzene rings is 3. The van der Waals surface area contributed by atoms with Crippen LogP contribution in [0.4, 0.5) is 5.13 Å². The molecule has 2 heterocycles. The summed E-state index contributed by atoms with van der Waals surface area (Å²) in [5.74, 6) is 0.433. The van der Waals surface area contributed by atoms with Crippen LogP contribution in [-0.2, 0) is 6.42 Å². The summed E-state index contributed by atoms with van der Waals surface area (Å²) in [6.45, 7) is 4.44. The van der Waals surface area contributed by atoms with Gasteiger partial charge in [0, 0.05) is 21.9 Å². The number of fused-ring (bicyclic) bond motifs is 1. The lowest BCUT2D eigenvalue weighted by molar-refractivity contribution is 0.102. The second-order valence-electron chi connectivity index (χ2n) is 8.73. The molecule has 0 bridgehead atoms. The zero-order valence-corrected chi connectivity index (χ0v) is 20.0. The number of para-hydroxylation sites is 1. The van der Waals surface area contributed by atoms with Crippen LogP contribution >= 0.6 is 11.3 Å². The maximum atomic E-state index is 13.3. The first-order chi connectivity index (χ1) is 16.6. The van der Waals surface area contributed by atoms with Gasteiger partial charge in [0.1, 0.15) is 0 Å². The molecule has 0 aliphatic heterocycles. The molecule has 4 nitrogen and oxygen atoms in total. The van der Waals surface area contributed by atoms with Crippen LogP contribution in [0.3, 0.4) is 0 Å². The highest BCUT2D eigenvalue weighted by Gasteiger charge is 2.16. The van der Waals surface area contributed by atoms with Gasteiger partial charge in [-0.3, -0.25) is 10.1 Å². The third-order valence-corrected chi connectivity index (χ3v) is 6.41. The summed E-state index contributed by atoms with van der Waals surface area (Å²) in [5, 5.41) is 6.37. The lowest BCUT2D eigenvalue weighted by Crippen LogP contribution is -2.13. The number of hydrogen-bond donors (Lipinski definition) is 1. The Kier molecular flexibility index (Phi) is 6.19. The van der Waals surface area contributed by atoms with E-state index in [0.717, 1.165) is 39.8 Å². The summed E-state index contributed by atoms with van der Waals surface area (Å²) < 4.78 is 0. The van der Waals surface area contributed by atoms with Crippen molar-refractivity contribution in [1.29, 1.82) is 0 Å². The number of nitrogens with one attached hydrogen (secondary N) is 1. The monoisotopic (exact) mass is 463 g/mol. The van der Waals surface area contributed by atoms with Gasteiger partial charge in [-0.2, -0.15) is 0 Å².